The van der Waals surface area contributed by atoms with Gasteiger partial charge in [-0.25, -0.2) is 4.98 Å². The lowest BCUT2D eigenvalue weighted by atomic mass is 10.2. The van der Waals surface area contributed by atoms with Gasteiger partial charge in [0.15, 0.2) is 5.69 Å². The van der Waals surface area contributed by atoms with Crippen LogP contribution in [0.2, 0.25) is 0 Å². The van der Waals surface area contributed by atoms with Gasteiger partial charge >= 0.3 is 0 Å². The van der Waals surface area contributed by atoms with Crippen LogP contribution in [0.3, 0.4) is 0 Å². The monoisotopic (exact) mass is 321 g/mol. The van der Waals surface area contributed by atoms with Crippen LogP contribution in [0.5, 0.6) is 11.5 Å². The number of anilines is 1. The van der Waals surface area contributed by atoms with Crippen LogP contribution < -0.4 is 10.1 Å². The van der Waals surface area contributed by atoms with Crippen LogP contribution in [0.15, 0.2) is 48.8 Å². The van der Waals surface area contributed by atoms with Crippen molar-refractivity contribution < 1.29 is 14.6 Å². The van der Waals surface area contributed by atoms with E-state index in [2.05, 4.69) is 10.3 Å². The number of para-hydroxylation sites is 2. The summed E-state index contributed by atoms with van der Waals surface area (Å²) in [6, 6.07) is 12.4. The van der Waals surface area contributed by atoms with Gasteiger partial charge < -0.3 is 15.2 Å². The molecule has 120 valence electrons. The van der Waals surface area contributed by atoms with Gasteiger partial charge in [0, 0.05) is 5.69 Å². The molecular weight excluding hydrogens is 306 g/mol. The second-order valence-corrected chi connectivity index (χ2v) is 5.62. The third kappa shape index (κ3) is 2.28. The summed E-state index contributed by atoms with van der Waals surface area (Å²) in [6.07, 6.45) is 1.63. The number of ether oxygens (including phenoxy) is 1. The fourth-order valence-electron chi connectivity index (χ4n) is 2.80. The molecule has 1 aromatic heterocycles. The number of aryl methyl sites for hydroxylation is 1. The first-order valence-corrected chi connectivity index (χ1v) is 7.53. The molecule has 0 unspecified atom stereocenters. The van der Waals surface area contributed by atoms with Crippen molar-refractivity contribution in [2.45, 2.75) is 13.5 Å². The number of phenols is 1. The quantitative estimate of drug-likeness (QED) is 0.711. The summed E-state index contributed by atoms with van der Waals surface area (Å²) in [7, 11) is 0. The molecule has 2 N–H and O–H groups in total. The van der Waals surface area contributed by atoms with Crippen molar-refractivity contribution in [3.05, 3.63) is 65.7 Å². The third-order valence-corrected chi connectivity index (χ3v) is 4.03. The highest BCUT2D eigenvalue weighted by Gasteiger charge is 2.24. The Hall–Kier alpha value is -3.28. The summed E-state index contributed by atoms with van der Waals surface area (Å²) in [6.45, 7) is 2.10. The topological polar surface area (TPSA) is 76.4 Å². The van der Waals surface area contributed by atoms with Crippen molar-refractivity contribution in [3.63, 3.8) is 0 Å². The molecule has 1 aliphatic rings. The van der Waals surface area contributed by atoms with E-state index in [1.165, 1.54) is 6.07 Å². The van der Waals surface area contributed by atoms with E-state index in [9.17, 15) is 9.90 Å². The van der Waals surface area contributed by atoms with Crippen LogP contribution in [0, 0.1) is 6.92 Å². The van der Waals surface area contributed by atoms with Crippen LogP contribution in [-0.2, 0) is 6.61 Å². The van der Waals surface area contributed by atoms with Gasteiger partial charge in [0.25, 0.3) is 5.91 Å². The van der Waals surface area contributed by atoms with Gasteiger partial charge in [-0.15, -0.1) is 0 Å². The molecule has 24 heavy (non-hydrogen) atoms. The number of aromatic hydroxyl groups is 1. The van der Waals surface area contributed by atoms with Gasteiger partial charge in [0.2, 0.25) is 0 Å². The summed E-state index contributed by atoms with van der Waals surface area (Å²) in [5.41, 5.74) is 3.32. The molecule has 1 amide bonds. The molecule has 0 saturated carbocycles. The number of fused-ring (bicyclic) bond motifs is 3. The zero-order chi connectivity index (χ0) is 16.7. The lowest BCUT2D eigenvalue weighted by molar-refractivity contribution is 0.101. The molecule has 0 saturated heterocycles. The number of phenolic OH excluding ortho intramolecular Hbond substituents is 1. The molecule has 0 spiro atoms. The smallest absolute Gasteiger partial charge is 0.276 e. The minimum absolute atomic E-state index is 0.162. The van der Waals surface area contributed by atoms with E-state index in [4.69, 9.17) is 4.74 Å². The van der Waals surface area contributed by atoms with Crippen molar-refractivity contribution >= 4 is 11.6 Å². The number of benzene rings is 2. The molecule has 1 aliphatic heterocycles. The Morgan fingerprint density at radius 2 is 2.12 bits per heavy atom. The molecule has 0 atom stereocenters. The second-order valence-electron chi connectivity index (χ2n) is 5.62. The third-order valence-electron chi connectivity index (χ3n) is 4.03. The second kappa shape index (κ2) is 5.42. The predicted octanol–water partition coefficient (Wildman–Crippen LogP) is 3.03. The first kappa shape index (κ1) is 14.3. The van der Waals surface area contributed by atoms with Gasteiger partial charge in [-0.2, -0.15) is 0 Å². The van der Waals surface area contributed by atoms with Gasteiger partial charge in [0.1, 0.15) is 24.4 Å². The average Bonchev–Trinajstić information content (AvgIpc) is 3.02. The van der Waals surface area contributed by atoms with E-state index in [0.717, 1.165) is 17.0 Å². The largest absolute Gasteiger partial charge is 0.508 e. The molecule has 2 aromatic carbocycles. The Balaban J connectivity index is 1.67. The van der Waals surface area contributed by atoms with Crippen LogP contribution in [0.25, 0.3) is 5.69 Å². The Bertz CT molecular complexity index is 946. The Morgan fingerprint density at radius 3 is 2.96 bits per heavy atom. The SMILES string of the molecule is Cc1cc(O)ccc1NC(=O)c1ncn2c1COc1ccccc1-2. The highest BCUT2D eigenvalue weighted by Crippen LogP contribution is 2.31. The van der Waals surface area contributed by atoms with E-state index >= 15 is 0 Å². The molecule has 4 rings (SSSR count). The van der Waals surface area contributed by atoms with Crippen LogP contribution in [0.1, 0.15) is 21.7 Å². The lowest BCUT2D eigenvalue weighted by Crippen LogP contribution is -2.19. The summed E-state index contributed by atoms with van der Waals surface area (Å²) in [5.74, 6) is 0.624. The van der Waals surface area contributed by atoms with Crippen molar-refractivity contribution in [2.75, 3.05) is 5.32 Å². The molecule has 2 heterocycles. The summed E-state index contributed by atoms with van der Waals surface area (Å²) >= 11 is 0. The molecular formula is C18H15N3O3. The number of nitrogens with zero attached hydrogens (tertiary/aromatic N) is 2. The fourth-order valence-corrected chi connectivity index (χ4v) is 2.80. The Labute approximate surface area is 138 Å². The summed E-state index contributed by atoms with van der Waals surface area (Å²) in [4.78, 5) is 16.9. The van der Waals surface area contributed by atoms with Crippen molar-refractivity contribution in [1.82, 2.24) is 9.55 Å². The number of carbonyl (C=O) groups excluding carboxylic acids is 1. The van der Waals surface area contributed by atoms with Crippen molar-refractivity contribution in [1.29, 1.82) is 0 Å². The molecule has 6 nitrogen and oxygen atoms in total. The maximum Gasteiger partial charge on any atom is 0.276 e. The number of rotatable bonds is 2. The maximum absolute atomic E-state index is 12.6. The molecule has 6 heteroatoms. The van der Waals surface area contributed by atoms with Crippen LogP contribution in [-0.4, -0.2) is 20.6 Å². The highest BCUT2D eigenvalue weighted by atomic mass is 16.5. The number of amides is 1. The average molecular weight is 321 g/mol. The van der Waals surface area contributed by atoms with E-state index in [1.807, 2.05) is 35.8 Å². The van der Waals surface area contributed by atoms with Crippen molar-refractivity contribution in [3.8, 4) is 17.2 Å². The minimum Gasteiger partial charge on any atom is -0.508 e. The van der Waals surface area contributed by atoms with E-state index in [-0.39, 0.29) is 18.3 Å². The lowest BCUT2D eigenvalue weighted by Gasteiger charge is -2.20. The highest BCUT2D eigenvalue weighted by molar-refractivity contribution is 6.04. The van der Waals surface area contributed by atoms with E-state index in [0.29, 0.717) is 17.1 Å². The number of hydrogen-bond donors (Lipinski definition) is 2. The number of nitrogens with one attached hydrogen (secondary N) is 1. The molecule has 0 fully saturated rings. The first-order chi connectivity index (χ1) is 11.6. The van der Waals surface area contributed by atoms with Gasteiger partial charge in [0.05, 0.1) is 11.4 Å². The van der Waals surface area contributed by atoms with Gasteiger partial charge in [-0.1, -0.05) is 12.1 Å². The molecule has 0 radical (unpaired) electrons. The number of hydrogen-bond acceptors (Lipinski definition) is 4. The van der Waals surface area contributed by atoms with Crippen LogP contribution >= 0.6 is 0 Å². The minimum atomic E-state index is -0.305. The van der Waals surface area contributed by atoms with E-state index < -0.39 is 0 Å². The zero-order valence-corrected chi connectivity index (χ0v) is 13.0. The van der Waals surface area contributed by atoms with Crippen LogP contribution in [0.4, 0.5) is 5.69 Å². The van der Waals surface area contributed by atoms with Gasteiger partial charge in [-0.05, 0) is 42.8 Å². The zero-order valence-electron chi connectivity index (χ0n) is 13.0. The Kier molecular flexibility index (Phi) is 3.23. The first-order valence-electron chi connectivity index (χ1n) is 7.53. The van der Waals surface area contributed by atoms with E-state index in [1.54, 1.807) is 18.5 Å². The predicted molar refractivity (Wildman–Crippen MR) is 88.7 cm³/mol. The summed E-state index contributed by atoms with van der Waals surface area (Å²) < 4.78 is 7.59. The maximum atomic E-state index is 12.6. The normalized spacial score (nSPS) is 12.0. The fraction of sp³-hybridized carbons (Fsp3) is 0.111. The number of imidazole rings is 1. The van der Waals surface area contributed by atoms with Crippen molar-refractivity contribution in [2.24, 2.45) is 0 Å². The number of carbonyl (C=O) groups is 1. The molecule has 3 aromatic rings. The Morgan fingerprint density at radius 1 is 1.29 bits per heavy atom. The molecule has 0 aliphatic carbocycles. The standard InChI is InChI=1S/C18H15N3O3/c1-11-8-12(22)6-7-13(11)20-18(23)17-15-9-24-16-5-3-2-4-14(16)21(15)10-19-17/h2-8,10,22H,9H2,1H3,(H,20,23). The van der Waals surface area contributed by atoms with Gasteiger partial charge in [-0.3, -0.25) is 9.36 Å². The molecule has 0 bridgehead atoms. The summed E-state index contributed by atoms with van der Waals surface area (Å²) in [5, 5.41) is 12.3. The number of aromatic nitrogens is 2.